The summed E-state index contributed by atoms with van der Waals surface area (Å²) in [5.41, 5.74) is 11.9. The van der Waals surface area contributed by atoms with Crippen LogP contribution in [-0.2, 0) is 6.18 Å². The van der Waals surface area contributed by atoms with Crippen molar-refractivity contribution in [1.29, 1.82) is 0 Å². The van der Waals surface area contributed by atoms with Gasteiger partial charge in [0.25, 0.3) is 0 Å². The zero-order chi connectivity index (χ0) is 14.3. The summed E-state index contributed by atoms with van der Waals surface area (Å²) in [6, 6.07) is 5.81. The van der Waals surface area contributed by atoms with E-state index in [2.05, 4.69) is 10.9 Å². The van der Waals surface area contributed by atoms with Crippen molar-refractivity contribution in [1.82, 2.24) is 10.9 Å². The van der Waals surface area contributed by atoms with Gasteiger partial charge in [-0.1, -0.05) is 18.2 Å². The van der Waals surface area contributed by atoms with E-state index in [0.717, 1.165) is 25.3 Å². The molecule has 0 spiro atoms. The van der Waals surface area contributed by atoms with E-state index in [1.807, 2.05) is 0 Å². The maximum atomic E-state index is 13.1. The molecular formula is C14H18F3N3. The Morgan fingerprint density at radius 3 is 2.60 bits per heavy atom. The Morgan fingerprint density at radius 1 is 1.10 bits per heavy atom. The first-order valence-electron chi connectivity index (χ1n) is 6.89. The van der Waals surface area contributed by atoms with Gasteiger partial charge in [0.05, 0.1) is 11.6 Å². The number of hydrogen-bond donors (Lipinski definition) is 3. The van der Waals surface area contributed by atoms with Crippen molar-refractivity contribution >= 4 is 0 Å². The minimum atomic E-state index is -4.32. The number of hydrogen-bond acceptors (Lipinski definition) is 3. The lowest BCUT2D eigenvalue weighted by molar-refractivity contribution is -0.138. The predicted octanol–water partition coefficient (Wildman–Crippen LogP) is 2.35. The number of halogens is 3. The molecule has 3 rings (SSSR count). The molecule has 1 aromatic rings. The first-order chi connectivity index (χ1) is 9.47. The van der Waals surface area contributed by atoms with E-state index >= 15 is 0 Å². The van der Waals surface area contributed by atoms with Gasteiger partial charge in [-0.3, -0.25) is 5.43 Å². The summed E-state index contributed by atoms with van der Waals surface area (Å²) in [4.78, 5) is 0. The second kappa shape index (κ2) is 5.02. The largest absolute Gasteiger partial charge is 0.416 e. The summed E-state index contributed by atoms with van der Waals surface area (Å²) in [5.74, 6) is 0.165. The van der Waals surface area contributed by atoms with Gasteiger partial charge in [0.2, 0.25) is 0 Å². The molecule has 4 N–H and O–H groups in total. The van der Waals surface area contributed by atoms with Gasteiger partial charge in [0.1, 0.15) is 0 Å². The van der Waals surface area contributed by atoms with Crippen LogP contribution >= 0.6 is 0 Å². The van der Waals surface area contributed by atoms with Gasteiger partial charge >= 0.3 is 6.18 Å². The first-order valence-corrected chi connectivity index (χ1v) is 6.89. The van der Waals surface area contributed by atoms with Gasteiger partial charge in [0.15, 0.2) is 0 Å². The number of benzene rings is 1. The molecule has 0 amide bonds. The van der Waals surface area contributed by atoms with Crippen molar-refractivity contribution in [3.05, 3.63) is 35.4 Å². The standard InChI is InChI=1S/C14H18F3N3/c15-14(16,17)11-4-2-1-3-9(11)13-10-6-5-8(18)7-12(10)19-20-13/h1-4,8,10,12-13,19-20H,5-7,18H2. The number of alkyl halides is 3. The maximum Gasteiger partial charge on any atom is 0.416 e. The minimum Gasteiger partial charge on any atom is -0.328 e. The molecule has 4 unspecified atom stereocenters. The lowest BCUT2D eigenvalue weighted by atomic mass is 9.77. The molecule has 2 aliphatic rings. The quantitative estimate of drug-likeness (QED) is 0.742. The third-order valence-electron chi connectivity index (χ3n) is 4.40. The zero-order valence-electron chi connectivity index (χ0n) is 11.0. The molecule has 1 aliphatic carbocycles. The molecular weight excluding hydrogens is 267 g/mol. The summed E-state index contributed by atoms with van der Waals surface area (Å²) in [6.45, 7) is 0. The summed E-state index contributed by atoms with van der Waals surface area (Å²) in [6.07, 6.45) is -1.79. The van der Waals surface area contributed by atoms with Crippen molar-refractivity contribution in [2.45, 2.75) is 43.6 Å². The highest BCUT2D eigenvalue weighted by molar-refractivity contribution is 5.34. The van der Waals surface area contributed by atoms with Crippen LogP contribution in [0.3, 0.4) is 0 Å². The van der Waals surface area contributed by atoms with Crippen LogP contribution in [0.25, 0.3) is 0 Å². The second-order valence-electron chi connectivity index (χ2n) is 5.69. The van der Waals surface area contributed by atoms with Crippen LogP contribution in [0.15, 0.2) is 24.3 Å². The van der Waals surface area contributed by atoms with Crippen LogP contribution < -0.4 is 16.6 Å². The molecule has 1 saturated carbocycles. The van der Waals surface area contributed by atoms with E-state index < -0.39 is 11.7 Å². The van der Waals surface area contributed by atoms with E-state index in [1.54, 1.807) is 12.1 Å². The molecule has 1 saturated heterocycles. The predicted molar refractivity (Wildman–Crippen MR) is 69.6 cm³/mol. The van der Waals surface area contributed by atoms with Gasteiger partial charge in [0, 0.05) is 12.1 Å². The average molecular weight is 285 g/mol. The molecule has 4 atom stereocenters. The molecule has 0 bridgehead atoms. The lowest BCUT2D eigenvalue weighted by Crippen LogP contribution is -2.41. The van der Waals surface area contributed by atoms with Crippen molar-refractivity contribution < 1.29 is 13.2 Å². The number of fused-ring (bicyclic) bond motifs is 1. The molecule has 0 aromatic heterocycles. The Morgan fingerprint density at radius 2 is 1.85 bits per heavy atom. The minimum absolute atomic E-state index is 0.141. The third kappa shape index (κ3) is 2.43. The van der Waals surface area contributed by atoms with Crippen LogP contribution in [-0.4, -0.2) is 12.1 Å². The lowest BCUT2D eigenvalue weighted by Gasteiger charge is -2.31. The third-order valence-corrected chi connectivity index (χ3v) is 4.40. The fourth-order valence-corrected chi connectivity index (χ4v) is 3.43. The topological polar surface area (TPSA) is 50.1 Å². The first kappa shape index (κ1) is 13.9. The average Bonchev–Trinajstić information content (AvgIpc) is 2.80. The second-order valence-corrected chi connectivity index (χ2v) is 5.69. The fraction of sp³-hybridized carbons (Fsp3) is 0.571. The van der Waals surface area contributed by atoms with Crippen molar-refractivity contribution in [3.63, 3.8) is 0 Å². The molecule has 0 radical (unpaired) electrons. The highest BCUT2D eigenvalue weighted by atomic mass is 19.4. The van der Waals surface area contributed by atoms with Crippen molar-refractivity contribution in [2.24, 2.45) is 11.7 Å². The number of rotatable bonds is 1. The van der Waals surface area contributed by atoms with Crippen LogP contribution in [0.5, 0.6) is 0 Å². The van der Waals surface area contributed by atoms with Crippen LogP contribution in [0, 0.1) is 5.92 Å². The van der Waals surface area contributed by atoms with E-state index in [-0.39, 0.29) is 24.0 Å². The number of nitrogens with two attached hydrogens (primary N) is 1. The maximum absolute atomic E-state index is 13.1. The van der Waals surface area contributed by atoms with Crippen LogP contribution in [0.4, 0.5) is 13.2 Å². The Balaban J connectivity index is 1.91. The van der Waals surface area contributed by atoms with E-state index in [4.69, 9.17) is 5.73 Å². The Labute approximate surface area is 115 Å². The zero-order valence-corrected chi connectivity index (χ0v) is 11.0. The number of nitrogens with one attached hydrogen (secondary N) is 2. The Kier molecular flexibility index (Phi) is 3.48. The molecule has 3 nitrogen and oxygen atoms in total. The van der Waals surface area contributed by atoms with Gasteiger partial charge < -0.3 is 5.73 Å². The van der Waals surface area contributed by atoms with Crippen LogP contribution in [0.1, 0.15) is 36.4 Å². The Bertz CT molecular complexity index is 489. The van der Waals surface area contributed by atoms with Crippen molar-refractivity contribution in [2.75, 3.05) is 0 Å². The summed E-state index contributed by atoms with van der Waals surface area (Å²) in [7, 11) is 0. The molecule has 6 heteroatoms. The molecule has 1 aromatic carbocycles. The van der Waals surface area contributed by atoms with Gasteiger partial charge in [-0.2, -0.15) is 13.2 Å². The smallest absolute Gasteiger partial charge is 0.328 e. The fourth-order valence-electron chi connectivity index (χ4n) is 3.43. The molecule has 110 valence electrons. The summed E-state index contributed by atoms with van der Waals surface area (Å²) >= 11 is 0. The highest BCUT2D eigenvalue weighted by Gasteiger charge is 2.43. The summed E-state index contributed by atoms with van der Waals surface area (Å²) in [5, 5.41) is 0. The molecule has 2 fully saturated rings. The Hall–Kier alpha value is -1.11. The van der Waals surface area contributed by atoms with Crippen molar-refractivity contribution in [3.8, 4) is 0 Å². The SMILES string of the molecule is NC1CCC2C(C1)NNC2c1ccccc1C(F)(F)F. The number of hydrazine groups is 1. The van der Waals surface area contributed by atoms with E-state index in [9.17, 15) is 13.2 Å². The normalized spacial score (nSPS) is 34.0. The van der Waals surface area contributed by atoms with Gasteiger partial charge in [-0.25, -0.2) is 5.43 Å². The molecule has 1 heterocycles. The van der Waals surface area contributed by atoms with E-state index in [1.165, 1.54) is 6.07 Å². The highest BCUT2D eigenvalue weighted by Crippen LogP contribution is 2.42. The monoisotopic (exact) mass is 285 g/mol. The van der Waals surface area contributed by atoms with E-state index in [0.29, 0.717) is 5.56 Å². The van der Waals surface area contributed by atoms with Crippen LogP contribution in [0.2, 0.25) is 0 Å². The molecule has 1 aliphatic heterocycles. The van der Waals surface area contributed by atoms with Gasteiger partial charge in [-0.15, -0.1) is 0 Å². The van der Waals surface area contributed by atoms with Gasteiger partial charge in [-0.05, 0) is 36.8 Å². The summed E-state index contributed by atoms with van der Waals surface area (Å²) < 4.78 is 39.4. The molecule has 20 heavy (non-hydrogen) atoms.